The predicted octanol–water partition coefficient (Wildman–Crippen LogP) is 2.84. The van der Waals surface area contributed by atoms with Gasteiger partial charge in [0.05, 0.1) is 18.1 Å². The van der Waals surface area contributed by atoms with Gasteiger partial charge in [-0.1, -0.05) is 18.2 Å². The van der Waals surface area contributed by atoms with Crippen LogP contribution < -0.4 is 4.90 Å². The van der Waals surface area contributed by atoms with E-state index in [4.69, 9.17) is 4.74 Å². The molecule has 1 amide bonds. The highest BCUT2D eigenvalue weighted by molar-refractivity contribution is 5.95. The molecule has 0 aliphatic carbocycles. The number of halogens is 1. The molecule has 1 aliphatic heterocycles. The number of nitro benzene ring substituents is 1. The van der Waals surface area contributed by atoms with E-state index in [0.29, 0.717) is 37.6 Å². The molecule has 0 N–H and O–H groups in total. The molecule has 1 aliphatic rings. The van der Waals surface area contributed by atoms with Gasteiger partial charge in [0.15, 0.2) is 0 Å². The van der Waals surface area contributed by atoms with Crippen LogP contribution in [-0.4, -0.2) is 49.1 Å². The zero-order chi connectivity index (χ0) is 19.4. The van der Waals surface area contributed by atoms with E-state index in [1.54, 1.807) is 30.3 Å². The monoisotopic (exact) mass is 373 g/mol. The number of carbonyl (C=O) groups is 1. The Morgan fingerprint density at radius 1 is 1.26 bits per heavy atom. The van der Waals surface area contributed by atoms with Crippen molar-refractivity contribution < 1.29 is 18.8 Å². The molecule has 0 atom stereocenters. The third-order valence-corrected chi connectivity index (χ3v) is 4.48. The third-order valence-electron chi connectivity index (χ3n) is 4.48. The summed E-state index contributed by atoms with van der Waals surface area (Å²) in [7, 11) is 1.54. The van der Waals surface area contributed by atoms with Crippen molar-refractivity contribution in [2.24, 2.45) is 0 Å². The molecule has 1 heterocycles. The Kier molecular flexibility index (Phi) is 5.66. The molecular formula is C19H20FN3O4. The minimum Gasteiger partial charge on any atom is -0.378 e. The van der Waals surface area contributed by atoms with Crippen molar-refractivity contribution in [2.75, 3.05) is 38.3 Å². The number of morpholine rings is 1. The maximum atomic E-state index is 13.8. The van der Waals surface area contributed by atoms with Crippen LogP contribution in [0.5, 0.6) is 0 Å². The van der Waals surface area contributed by atoms with Crippen LogP contribution in [0.1, 0.15) is 15.9 Å². The van der Waals surface area contributed by atoms with Crippen LogP contribution in [0.4, 0.5) is 15.8 Å². The molecule has 1 saturated heterocycles. The summed E-state index contributed by atoms with van der Waals surface area (Å²) in [5, 5.41) is 11.5. The first kappa shape index (κ1) is 18.8. The fourth-order valence-electron chi connectivity index (χ4n) is 3.05. The van der Waals surface area contributed by atoms with Gasteiger partial charge in [-0.2, -0.15) is 0 Å². The van der Waals surface area contributed by atoms with Crippen molar-refractivity contribution in [2.45, 2.75) is 6.54 Å². The molecule has 0 aromatic heterocycles. The van der Waals surface area contributed by atoms with Gasteiger partial charge in [-0.15, -0.1) is 0 Å². The number of nitro groups is 1. The average Bonchev–Trinajstić information content (AvgIpc) is 2.69. The van der Waals surface area contributed by atoms with Crippen molar-refractivity contribution in [3.05, 3.63) is 69.5 Å². The van der Waals surface area contributed by atoms with Gasteiger partial charge in [0, 0.05) is 43.9 Å². The number of carbonyl (C=O) groups excluding carboxylic acids is 1. The van der Waals surface area contributed by atoms with Gasteiger partial charge in [-0.25, -0.2) is 4.39 Å². The van der Waals surface area contributed by atoms with Gasteiger partial charge < -0.3 is 14.5 Å². The minimum absolute atomic E-state index is 0.0739. The second kappa shape index (κ2) is 8.13. The molecule has 3 rings (SSSR count). The SMILES string of the molecule is CN(Cc1ccccc1F)C(=O)c1ccc(N2CCOCC2)c([N+](=O)[O-])c1. The summed E-state index contributed by atoms with van der Waals surface area (Å²) in [5.41, 5.74) is 0.920. The number of benzene rings is 2. The normalized spacial score (nSPS) is 14.1. The van der Waals surface area contributed by atoms with E-state index in [0.717, 1.165) is 0 Å². The Morgan fingerprint density at radius 2 is 1.96 bits per heavy atom. The largest absolute Gasteiger partial charge is 0.378 e. The van der Waals surface area contributed by atoms with Crippen LogP contribution in [-0.2, 0) is 11.3 Å². The van der Waals surface area contributed by atoms with Crippen molar-refractivity contribution in [1.29, 1.82) is 0 Å². The molecule has 2 aromatic carbocycles. The molecule has 0 spiro atoms. The topological polar surface area (TPSA) is 75.9 Å². The highest BCUT2D eigenvalue weighted by Crippen LogP contribution is 2.30. The molecule has 0 radical (unpaired) electrons. The predicted molar refractivity (Wildman–Crippen MR) is 98.3 cm³/mol. The highest BCUT2D eigenvalue weighted by Gasteiger charge is 2.24. The van der Waals surface area contributed by atoms with Crippen molar-refractivity contribution in [1.82, 2.24) is 4.90 Å². The number of amides is 1. The van der Waals surface area contributed by atoms with Crippen LogP contribution in [0, 0.1) is 15.9 Å². The first-order chi connectivity index (χ1) is 13.0. The lowest BCUT2D eigenvalue weighted by Gasteiger charge is -2.28. The summed E-state index contributed by atoms with van der Waals surface area (Å²) in [5.74, 6) is -0.805. The Hall–Kier alpha value is -3.00. The zero-order valence-electron chi connectivity index (χ0n) is 14.9. The lowest BCUT2D eigenvalue weighted by atomic mass is 10.1. The van der Waals surface area contributed by atoms with Crippen molar-refractivity contribution in [3.8, 4) is 0 Å². The molecule has 1 fully saturated rings. The highest BCUT2D eigenvalue weighted by atomic mass is 19.1. The summed E-state index contributed by atoms with van der Waals surface area (Å²) >= 11 is 0. The first-order valence-corrected chi connectivity index (χ1v) is 8.57. The second-order valence-corrected chi connectivity index (χ2v) is 6.31. The zero-order valence-corrected chi connectivity index (χ0v) is 14.9. The summed E-state index contributed by atoms with van der Waals surface area (Å²) < 4.78 is 19.1. The first-order valence-electron chi connectivity index (χ1n) is 8.57. The van der Waals surface area contributed by atoms with Crippen LogP contribution in [0.25, 0.3) is 0 Å². The third kappa shape index (κ3) is 4.22. The van der Waals surface area contributed by atoms with Crippen molar-refractivity contribution >= 4 is 17.3 Å². The lowest BCUT2D eigenvalue weighted by Crippen LogP contribution is -2.36. The van der Waals surface area contributed by atoms with E-state index in [-0.39, 0.29) is 17.8 Å². The Labute approximate surface area is 156 Å². The molecule has 2 aromatic rings. The Morgan fingerprint density at radius 3 is 2.63 bits per heavy atom. The molecule has 0 unspecified atom stereocenters. The van der Waals surface area contributed by atoms with Crippen LogP contribution in [0.15, 0.2) is 42.5 Å². The molecule has 8 heteroatoms. The quantitative estimate of drug-likeness (QED) is 0.595. The maximum Gasteiger partial charge on any atom is 0.293 e. The van der Waals surface area contributed by atoms with Gasteiger partial charge >= 0.3 is 0 Å². The number of nitrogens with zero attached hydrogens (tertiary/aromatic N) is 3. The lowest BCUT2D eigenvalue weighted by molar-refractivity contribution is -0.384. The van der Waals surface area contributed by atoms with E-state index >= 15 is 0 Å². The summed E-state index contributed by atoms with van der Waals surface area (Å²) in [6.45, 7) is 2.19. The fraction of sp³-hybridized carbons (Fsp3) is 0.316. The molecule has 0 saturated carbocycles. The molecule has 7 nitrogen and oxygen atoms in total. The maximum absolute atomic E-state index is 13.8. The smallest absolute Gasteiger partial charge is 0.293 e. The molecule has 142 valence electrons. The Bertz CT molecular complexity index is 853. The average molecular weight is 373 g/mol. The van der Waals surface area contributed by atoms with E-state index in [9.17, 15) is 19.3 Å². The number of hydrogen-bond donors (Lipinski definition) is 0. The fourth-order valence-corrected chi connectivity index (χ4v) is 3.05. The van der Waals surface area contributed by atoms with Crippen molar-refractivity contribution in [3.63, 3.8) is 0 Å². The molecule has 27 heavy (non-hydrogen) atoms. The standard InChI is InChI=1S/C19H20FN3O4/c1-21(13-15-4-2-3-5-16(15)20)19(24)14-6-7-17(18(12-14)23(25)26)22-8-10-27-11-9-22/h2-7,12H,8-11,13H2,1H3. The number of rotatable bonds is 5. The minimum atomic E-state index is -0.488. The molecule has 0 bridgehead atoms. The van der Waals surface area contributed by atoms with Crippen LogP contribution >= 0.6 is 0 Å². The van der Waals surface area contributed by atoms with E-state index < -0.39 is 16.6 Å². The number of anilines is 1. The summed E-state index contributed by atoms with van der Waals surface area (Å²) in [4.78, 5) is 26.9. The number of ether oxygens (including phenoxy) is 1. The van der Waals surface area contributed by atoms with E-state index in [1.807, 2.05) is 4.90 Å². The summed E-state index contributed by atoms with van der Waals surface area (Å²) in [6, 6.07) is 10.6. The summed E-state index contributed by atoms with van der Waals surface area (Å²) in [6.07, 6.45) is 0. The molecular weight excluding hydrogens is 353 g/mol. The van der Waals surface area contributed by atoms with E-state index in [2.05, 4.69) is 0 Å². The number of hydrogen-bond acceptors (Lipinski definition) is 5. The van der Waals surface area contributed by atoms with Gasteiger partial charge in [0.25, 0.3) is 11.6 Å². The van der Waals surface area contributed by atoms with Gasteiger partial charge in [-0.05, 0) is 18.2 Å². The van der Waals surface area contributed by atoms with Crippen LogP contribution in [0.2, 0.25) is 0 Å². The second-order valence-electron chi connectivity index (χ2n) is 6.31. The van der Waals surface area contributed by atoms with Gasteiger partial charge in [0.1, 0.15) is 11.5 Å². The van der Waals surface area contributed by atoms with Gasteiger partial charge in [-0.3, -0.25) is 14.9 Å². The van der Waals surface area contributed by atoms with E-state index in [1.165, 1.54) is 24.1 Å². The van der Waals surface area contributed by atoms with Crippen LogP contribution in [0.3, 0.4) is 0 Å². The van der Waals surface area contributed by atoms with Gasteiger partial charge in [0.2, 0.25) is 0 Å². The Balaban J connectivity index is 1.83.